The van der Waals surface area contributed by atoms with Crippen molar-refractivity contribution >= 4 is 23.9 Å². The lowest BCUT2D eigenvalue weighted by Crippen LogP contribution is -2.32. The van der Waals surface area contributed by atoms with Gasteiger partial charge in [-0.2, -0.15) is 0 Å². The first-order valence-electron chi connectivity index (χ1n) is 6.30. The van der Waals surface area contributed by atoms with Crippen molar-refractivity contribution in [3.63, 3.8) is 0 Å². The number of ether oxygens (including phenoxy) is 2. The Kier molecular flexibility index (Phi) is 6.18. The number of nitrogens with zero attached hydrogens (tertiary/aromatic N) is 1. The third-order valence-corrected chi connectivity index (χ3v) is 3.20. The van der Waals surface area contributed by atoms with Crippen LogP contribution >= 0.6 is 0 Å². The molecule has 0 fully saturated rings. The first-order chi connectivity index (χ1) is 10.5. The van der Waals surface area contributed by atoms with Crippen LogP contribution in [0.25, 0.3) is 0 Å². The molecule has 22 heavy (non-hydrogen) atoms. The molecule has 0 aliphatic carbocycles. The monoisotopic (exact) mass is 309 g/mol. The summed E-state index contributed by atoms with van der Waals surface area (Å²) in [6.45, 7) is 0. The minimum atomic E-state index is -1.46. The van der Waals surface area contributed by atoms with E-state index in [0.29, 0.717) is 6.29 Å². The van der Waals surface area contributed by atoms with Gasteiger partial charge >= 0.3 is 11.9 Å². The summed E-state index contributed by atoms with van der Waals surface area (Å²) >= 11 is 0. The van der Waals surface area contributed by atoms with Crippen LogP contribution in [0.15, 0.2) is 24.3 Å². The van der Waals surface area contributed by atoms with Crippen LogP contribution in [0.1, 0.15) is 17.9 Å². The number of hydrogen-bond donors (Lipinski definition) is 0. The Hall–Kier alpha value is -2.77. The minimum absolute atomic E-state index is 0.0976. The van der Waals surface area contributed by atoms with E-state index in [1.165, 1.54) is 24.3 Å². The van der Waals surface area contributed by atoms with Gasteiger partial charge in [-0.05, 0) is 0 Å². The fourth-order valence-electron chi connectivity index (χ4n) is 2.19. The molecule has 0 aliphatic rings. The molecular formula is C14H15NO7. The third-order valence-electron chi connectivity index (χ3n) is 3.20. The van der Waals surface area contributed by atoms with Crippen molar-refractivity contribution in [2.45, 2.75) is 12.3 Å². The van der Waals surface area contributed by atoms with Gasteiger partial charge in [0.1, 0.15) is 6.29 Å². The quantitative estimate of drug-likeness (QED) is 0.245. The number of rotatable bonds is 7. The molecule has 8 nitrogen and oxygen atoms in total. The Morgan fingerprint density at radius 1 is 1.23 bits per heavy atom. The number of nitro benzene ring substituents is 1. The van der Waals surface area contributed by atoms with Crippen LogP contribution in [0.2, 0.25) is 0 Å². The van der Waals surface area contributed by atoms with Crippen molar-refractivity contribution < 1.29 is 28.8 Å². The second-order valence-corrected chi connectivity index (χ2v) is 4.35. The zero-order valence-electron chi connectivity index (χ0n) is 12.1. The van der Waals surface area contributed by atoms with E-state index >= 15 is 0 Å². The van der Waals surface area contributed by atoms with Gasteiger partial charge in [0, 0.05) is 24.0 Å². The zero-order valence-corrected chi connectivity index (χ0v) is 12.1. The van der Waals surface area contributed by atoms with Crippen LogP contribution in [0.5, 0.6) is 0 Å². The van der Waals surface area contributed by atoms with Crippen LogP contribution in [0.3, 0.4) is 0 Å². The number of aldehydes is 1. The highest BCUT2D eigenvalue weighted by Crippen LogP contribution is 2.35. The lowest BCUT2D eigenvalue weighted by atomic mass is 9.83. The predicted octanol–water partition coefficient (Wildman–Crippen LogP) is 1.23. The maximum absolute atomic E-state index is 11.9. The molecule has 0 aliphatic heterocycles. The molecule has 118 valence electrons. The van der Waals surface area contributed by atoms with Gasteiger partial charge in [-0.15, -0.1) is 0 Å². The first kappa shape index (κ1) is 17.3. The van der Waals surface area contributed by atoms with Gasteiger partial charge in [0.2, 0.25) is 0 Å². The van der Waals surface area contributed by atoms with Crippen LogP contribution in [-0.4, -0.2) is 37.4 Å². The number of carbonyl (C=O) groups is 3. The van der Waals surface area contributed by atoms with E-state index in [2.05, 4.69) is 9.47 Å². The number of benzene rings is 1. The molecule has 0 bridgehead atoms. The van der Waals surface area contributed by atoms with E-state index in [9.17, 15) is 24.5 Å². The zero-order chi connectivity index (χ0) is 16.7. The fourth-order valence-corrected chi connectivity index (χ4v) is 2.19. The number of esters is 2. The molecule has 0 N–H and O–H groups in total. The molecule has 0 heterocycles. The number of para-hydroxylation sites is 1. The maximum atomic E-state index is 11.9. The summed E-state index contributed by atoms with van der Waals surface area (Å²) in [6.07, 6.45) is 0.222. The van der Waals surface area contributed by atoms with E-state index in [1.54, 1.807) is 0 Å². The van der Waals surface area contributed by atoms with Crippen molar-refractivity contribution in [1.82, 2.24) is 0 Å². The second kappa shape index (κ2) is 7.87. The molecule has 0 spiro atoms. The fraction of sp³-hybridized carbons (Fsp3) is 0.357. The highest BCUT2D eigenvalue weighted by molar-refractivity contribution is 5.96. The average molecular weight is 309 g/mol. The number of hydrogen-bond acceptors (Lipinski definition) is 7. The molecule has 1 atom stereocenters. The first-order valence-corrected chi connectivity index (χ1v) is 6.30. The number of carbonyl (C=O) groups excluding carboxylic acids is 3. The standard InChI is InChI=1S/C14H15NO7/c1-21-13(17)12(14(18)22-2)10(7-8-16)9-5-3-4-6-11(9)15(19)20/h3-6,8,10,12H,7H2,1-2H3/t10-/m0/s1. The Morgan fingerprint density at radius 2 is 1.77 bits per heavy atom. The van der Waals surface area contributed by atoms with Crippen LogP contribution in [0, 0.1) is 16.0 Å². The highest BCUT2D eigenvalue weighted by atomic mass is 16.6. The van der Waals surface area contributed by atoms with Crippen molar-refractivity contribution in [2.24, 2.45) is 5.92 Å². The van der Waals surface area contributed by atoms with Gasteiger partial charge < -0.3 is 14.3 Å². The Bertz CT molecular complexity index is 568. The molecule has 0 radical (unpaired) electrons. The molecule has 8 heteroatoms. The van der Waals surface area contributed by atoms with Gasteiger partial charge in [0.05, 0.1) is 19.1 Å². The van der Waals surface area contributed by atoms with Crippen molar-refractivity contribution in [2.75, 3.05) is 14.2 Å². The molecule has 0 saturated carbocycles. The highest BCUT2D eigenvalue weighted by Gasteiger charge is 2.40. The average Bonchev–Trinajstić information content (AvgIpc) is 2.53. The molecule has 0 unspecified atom stereocenters. The summed E-state index contributed by atoms with van der Waals surface area (Å²) in [5.41, 5.74) is -0.187. The van der Waals surface area contributed by atoms with Crippen molar-refractivity contribution in [1.29, 1.82) is 0 Å². The summed E-state index contributed by atoms with van der Waals surface area (Å²) < 4.78 is 9.12. The summed E-state index contributed by atoms with van der Waals surface area (Å²) in [5, 5.41) is 11.1. The van der Waals surface area contributed by atoms with Crippen molar-refractivity contribution in [3.05, 3.63) is 39.9 Å². The second-order valence-electron chi connectivity index (χ2n) is 4.35. The molecule has 0 aromatic heterocycles. The lowest BCUT2D eigenvalue weighted by molar-refractivity contribution is -0.385. The summed E-state index contributed by atoms with van der Waals surface area (Å²) in [4.78, 5) is 45.1. The predicted molar refractivity (Wildman–Crippen MR) is 74.0 cm³/mol. The summed E-state index contributed by atoms with van der Waals surface area (Å²) in [6, 6.07) is 5.60. The Balaban J connectivity index is 3.43. The molecular weight excluding hydrogens is 294 g/mol. The minimum Gasteiger partial charge on any atom is -0.468 e. The topological polar surface area (TPSA) is 113 Å². The van der Waals surface area contributed by atoms with E-state index in [0.717, 1.165) is 14.2 Å². The van der Waals surface area contributed by atoms with E-state index in [4.69, 9.17) is 0 Å². The molecule has 0 saturated heterocycles. The maximum Gasteiger partial charge on any atom is 0.320 e. The normalized spacial score (nSPS) is 11.6. The van der Waals surface area contributed by atoms with Gasteiger partial charge in [0.15, 0.2) is 5.92 Å². The number of nitro groups is 1. The molecule has 1 aromatic carbocycles. The van der Waals surface area contributed by atoms with Gasteiger partial charge in [0.25, 0.3) is 5.69 Å². The summed E-state index contributed by atoms with van der Waals surface area (Å²) in [5.74, 6) is -4.34. The third kappa shape index (κ3) is 3.66. The number of methoxy groups -OCH3 is 2. The molecule has 0 amide bonds. The van der Waals surface area contributed by atoms with E-state index < -0.39 is 28.7 Å². The van der Waals surface area contributed by atoms with E-state index in [-0.39, 0.29) is 17.7 Å². The molecule has 1 aromatic rings. The lowest BCUT2D eigenvalue weighted by Gasteiger charge is -2.21. The van der Waals surface area contributed by atoms with Crippen LogP contribution in [-0.2, 0) is 23.9 Å². The Morgan fingerprint density at radius 3 is 2.23 bits per heavy atom. The smallest absolute Gasteiger partial charge is 0.320 e. The van der Waals surface area contributed by atoms with Gasteiger partial charge in [-0.25, -0.2) is 0 Å². The van der Waals surface area contributed by atoms with Crippen LogP contribution in [0.4, 0.5) is 5.69 Å². The van der Waals surface area contributed by atoms with Crippen molar-refractivity contribution in [3.8, 4) is 0 Å². The van der Waals surface area contributed by atoms with Crippen LogP contribution < -0.4 is 0 Å². The van der Waals surface area contributed by atoms with Gasteiger partial charge in [-0.3, -0.25) is 19.7 Å². The summed E-state index contributed by atoms with van der Waals surface area (Å²) in [7, 11) is 2.16. The van der Waals surface area contributed by atoms with E-state index in [1.807, 2.05) is 0 Å². The SMILES string of the molecule is COC(=O)C(C(=O)OC)[C@@H](CC=O)c1ccccc1[N+](=O)[O-]. The van der Waals surface area contributed by atoms with Gasteiger partial charge in [-0.1, -0.05) is 18.2 Å². The largest absolute Gasteiger partial charge is 0.468 e. The molecule has 1 rings (SSSR count). The Labute approximate surface area is 126 Å².